The van der Waals surface area contributed by atoms with Gasteiger partial charge in [0.15, 0.2) is 11.5 Å². The largest absolute Gasteiger partial charge is 0.493 e. The molecule has 1 aromatic carbocycles. The summed E-state index contributed by atoms with van der Waals surface area (Å²) in [4.78, 5) is 0. The molecular formula is C15H22ClNO2. The summed E-state index contributed by atoms with van der Waals surface area (Å²) in [7, 11) is 3.23. The number of rotatable bonds is 4. The van der Waals surface area contributed by atoms with Crippen LogP contribution in [0.2, 0.25) is 5.02 Å². The normalized spacial score (nSPS) is 17.5. The lowest BCUT2D eigenvalue weighted by Crippen LogP contribution is -2.34. The highest BCUT2D eigenvalue weighted by atomic mass is 35.5. The van der Waals surface area contributed by atoms with Crippen molar-refractivity contribution >= 4 is 11.6 Å². The third-order valence-corrected chi connectivity index (χ3v) is 4.50. The Balaban J connectivity index is 2.63. The maximum atomic E-state index is 6.59. The van der Waals surface area contributed by atoms with Gasteiger partial charge in [0.25, 0.3) is 0 Å². The SMILES string of the molecule is CCc1c(C2(N)CCCC2)cc(OC)c(OC)c1Cl. The van der Waals surface area contributed by atoms with Crippen molar-refractivity contribution in [3.63, 3.8) is 0 Å². The van der Waals surface area contributed by atoms with Crippen molar-refractivity contribution in [3.8, 4) is 11.5 Å². The van der Waals surface area contributed by atoms with Crippen LogP contribution in [0.25, 0.3) is 0 Å². The number of hydrogen-bond acceptors (Lipinski definition) is 3. The molecule has 0 saturated heterocycles. The molecule has 1 aliphatic carbocycles. The molecule has 1 saturated carbocycles. The molecule has 1 fully saturated rings. The maximum Gasteiger partial charge on any atom is 0.179 e. The molecule has 0 amide bonds. The Labute approximate surface area is 120 Å². The zero-order valence-electron chi connectivity index (χ0n) is 11.9. The van der Waals surface area contributed by atoms with E-state index in [0.717, 1.165) is 30.4 Å². The maximum absolute atomic E-state index is 6.59. The van der Waals surface area contributed by atoms with Gasteiger partial charge in [-0.05, 0) is 36.5 Å². The molecule has 0 radical (unpaired) electrons. The Morgan fingerprint density at radius 2 is 1.89 bits per heavy atom. The third kappa shape index (κ3) is 2.41. The molecule has 4 heteroatoms. The Morgan fingerprint density at radius 1 is 1.26 bits per heavy atom. The van der Waals surface area contributed by atoms with Crippen LogP contribution in [0.1, 0.15) is 43.7 Å². The van der Waals surface area contributed by atoms with E-state index >= 15 is 0 Å². The Morgan fingerprint density at radius 3 is 2.37 bits per heavy atom. The molecule has 2 N–H and O–H groups in total. The van der Waals surface area contributed by atoms with Gasteiger partial charge in [-0.1, -0.05) is 31.4 Å². The number of benzene rings is 1. The van der Waals surface area contributed by atoms with Crippen LogP contribution in [0.5, 0.6) is 11.5 Å². The van der Waals surface area contributed by atoms with Crippen LogP contribution in [0, 0.1) is 0 Å². The fourth-order valence-electron chi connectivity index (χ4n) is 3.05. The molecule has 1 aliphatic rings. The van der Waals surface area contributed by atoms with Crippen LogP contribution in [-0.4, -0.2) is 14.2 Å². The molecule has 1 aromatic rings. The average molecular weight is 284 g/mol. The first-order valence-corrected chi connectivity index (χ1v) is 7.18. The van der Waals surface area contributed by atoms with E-state index in [1.165, 1.54) is 12.8 Å². The lowest BCUT2D eigenvalue weighted by atomic mass is 9.84. The lowest BCUT2D eigenvalue weighted by Gasteiger charge is -2.29. The first-order chi connectivity index (χ1) is 9.07. The Hall–Kier alpha value is -0.930. The second-order valence-corrected chi connectivity index (χ2v) is 5.55. The van der Waals surface area contributed by atoms with Crippen LogP contribution in [0.4, 0.5) is 0 Å². The minimum absolute atomic E-state index is 0.269. The molecule has 3 nitrogen and oxygen atoms in total. The first kappa shape index (κ1) is 14.5. The van der Waals surface area contributed by atoms with Crippen molar-refractivity contribution in [1.82, 2.24) is 0 Å². The molecule has 0 unspecified atom stereocenters. The van der Waals surface area contributed by atoms with Gasteiger partial charge in [-0.25, -0.2) is 0 Å². The average Bonchev–Trinajstić information content (AvgIpc) is 2.85. The van der Waals surface area contributed by atoms with E-state index in [9.17, 15) is 0 Å². The second kappa shape index (κ2) is 5.59. The van der Waals surface area contributed by atoms with Gasteiger partial charge < -0.3 is 15.2 Å². The molecule has 0 aliphatic heterocycles. The molecule has 0 spiro atoms. The monoisotopic (exact) mass is 283 g/mol. The number of halogens is 1. The van der Waals surface area contributed by atoms with Gasteiger partial charge in [0.2, 0.25) is 0 Å². The van der Waals surface area contributed by atoms with Crippen LogP contribution in [0.3, 0.4) is 0 Å². The van der Waals surface area contributed by atoms with Crippen molar-refractivity contribution in [2.24, 2.45) is 5.73 Å². The highest BCUT2D eigenvalue weighted by Crippen LogP contribution is 2.46. The van der Waals surface area contributed by atoms with E-state index < -0.39 is 0 Å². The fourth-order valence-corrected chi connectivity index (χ4v) is 3.46. The van der Waals surface area contributed by atoms with E-state index in [-0.39, 0.29) is 5.54 Å². The van der Waals surface area contributed by atoms with E-state index in [4.69, 9.17) is 26.8 Å². The standard InChI is InChI=1S/C15H22ClNO2/c1-4-10-11(15(17)7-5-6-8-15)9-12(18-2)14(19-3)13(10)16/h9H,4-8,17H2,1-3H3. The Bertz CT molecular complexity index is 468. The second-order valence-electron chi connectivity index (χ2n) is 5.17. The summed E-state index contributed by atoms with van der Waals surface area (Å²) in [5.41, 5.74) is 8.52. The minimum Gasteiger partial charge on any atom is -0.493 e. The summed E-state index contributed by atoms with van der Waals surface area (Å²) in [5.74, 6) is 1.27. The highest BCUT2D eigenvalue weighted by Gasteiger charge is 2.35. The first-order valence-electron chi connectivity index (χ1n) is 6.80. The molecular weight excluding hydrogens is 262 g/mol. The summed E-state index contributed by atoms with van der Waals surface area (Å²) < 4.78 is 10.8. The third-order valence-electron chi connectivity index (χ3n) is 4.10. The van der Waals surface area contributed by atoms with Crippen molar-refractivity contribution in [3.05, 3.63) is 22.2 Å². The molecule has 106 valence electrons. The molecule has 0 heterocycles. The summed E-state index contributed by atoms with van der Waals surface area (Å²) in [6.07, 6.45) is 5.20. The predicted molar refractivity (Wildman–Crippen MR) is 78.3 cm³/mol. The van der Waals surface area contributed by atoms with E-state index in [1.54, 1.807) is 14.2 Å². The number of nitrogens with two attached hydrogens (primary N) is 1. The van der Waals surface area contributed by atoms with Crippen LogP contribution in [0.15, 0.2) is 6.07 Å². The van der Waals surface area contributed by atoms with Gasteiger partial charge in [-0.2, -0.15) is 0 Å². The smallest absolute Gasteiger partial charge is 0.179 e. The van der Waals surface area contributed by atoms with E-state index in [1.807, 2.05) is 6.07 Å². The minimum atomic E-state index is -0.269. The van der Waals surface area contributed by atoms with Gasteiger partial charge >= 0.3 is 0 Å². The van der Waals surface area contributed by atoms with Gasteiger partial charge in [-0.3, -0.25) is 0 Å². The number of ether oxygens (including phenoxy) is 2. The highest BCUT2D eigenvalue weighted by molar-refractivity contribution is 6.33. The summed E-state index contributed by atoms with van der Waals surface area (Å²) in [6.45, 7) is 2.09. The topological polar surface area (TPSA) is 44.5 Å². The van der Waals surface area contributed by atoms with Crippen molar-refractivity contribution in [2.45, 2.75) is 44.6 Å². The number of hydrogen-bond donors (Lipinski definition) is 1. The van der Waals surface area contributed by atoms with Crippen molar-refractivity contribution in [2.75, 3.05) is 14.2 Å². The zero-order valence-corrected chi connectivity index (χ0v) is 12.6. The molecule has 0 atom stereocenters. The van der Waals surface area contributed by atoms with Crippen LogP contribution >= 0.6 is 11.6 Å². The summed E-state index contributed by atoms with van der Waals surface area (Å²) >= 11 is 6.48. The van der Waals surface area contributed by atoms with Gasteiger partial charge in [0.1, 0.15) is 0 Å². The molecule has 0 bridgehead atoms. The molecule has 0 aromatic heterocycles. The van der Waals surface area contributed by atoms with Crippen molar-refractivity contribution < 1.29 is 9.47 Å². The Kier molecular flexibility index (Phi) is 4.26. The van der Waals surface area contributed by atoms with Crippen LogP contribution < -0.4 is 15.2 Å². The van der Waals surface area contributed by atoms with E-state index in [0.29, 0.717) is 16.5 Å². The van der Waals surface area contributed by atoms with Gasteiger partial charge in [0, 0.05) is 5.54 Å². The van der Waals surface area contributed by atoms with Gasteiger partial charge in [-0.15, -0.1) is 0 Å². The zero-order chi connectivity index (χ0) is 14.0. The summed E-state index contributed by atoms with van der Waals surface area (Å²) in [6, 6.07) is 2.01. The number of methoxy groups -OCH3 is 2. The molecule has 19 heavy (non-hydrogen) atoms. The van der Waals surface area contributed by atoms with Crippen LogP contribution in [-0.2, 0) is 12.0 Å². The van der Waals surface area contributed by atoms with Gasteiger partial charge in [0.05, 0.1) is 19.2 Å². The van der Waals surface area contributed by atoms with Crippen molar-refractivity contribution in [1.29, 1.82) is 0 Å². The summed E-state index contributed by atoms with van der Waals surface area (Å²) in [5, 5.41) is 0.635. The predicted octanol–water partition coefficient (Wildman–Crippen LogP) is 3.65. The quantitative estimate of drug-likeness (QED) is 0.917. The van der Waals surface area contributed by atoms with E-state index in [2.05, 4.69) is 6.92 Å². The fraction of sp³-hybridized carbons (Fsp3) is 0.600. The molecule has 2 rings (SSSR count). The lowest BCUT2D eigenvalue weighted by molar-refractivity contribution is 0.351.